The zero-order chi connectivity index (χ0) is 21.2. The SMILES string of the molecule is Cc1ccc(O)cc1C1(CCCC(=O)N(C)C)CCN(CC2CCC2)C(C)[C@@H]1C. The number of phenols is 1. The highest BCUT2D eigenvalue weighted by Crippen LogP contribution is 2.48. The first-order chi connectivity index (χ1) is 13.7. The lowest BCUT2D eigenvalue weighted by molar-refractivity contribution is -0.128. The van der Waals surface area contributed by atoms with Crippen molar-refractivity contribution < 1.29 is 9.90 Å². The van der Waals surface area contributed by atoms with Gasteiger partial charge in [-0.05, 0) is 87.6 Å². The second-order valence-electron chi connectivity index (χ2n) is 9.87. The van der Waals surface area contributed by atoms with Gasteiger partial charge in [0.25, 0.3) is 0 Å². The van der Waals surface area contributed by atoms with E-state index in [9.17, 15) is 9.90 Å². The summed E-state index contributed by atoms with van der Waals surface area (Å²) >= 11 is 0. The van der Waals surface area contributed by atoms with Crippen LogP contribution in [0.5, 0.6) is 5.75 Å². The number of aryl methyl sites for hydroxylation is 1. The van der Waals surface area contributed by atoms with Crippen molar-refractivity contribution >= 4 is 5.91 Å². The Hall–Kier alpha value is -1.55. The number of nitrogens with zero attached hydrogens (tertiary/aromatic N) is 2. The standard InChI is InChI=1S/C25H40N2O2/c1-18-11-12-22(28)16-23(18)25(13-7-10-24(29)26(4)5)14-15-27(20(3)19(25)2)17-21-8-6-9-21/h11-12,16,19-21,28H,6-10,13-15,17H2,1-5H3/t19-,20?,25?/m0/s1. The molecule has 0 radical (unpaired) electrons. The van der Waals surface area contributed by atoms with Crippen molar-refractivity contribution in [3.8, 4) is 5.75 Å². The fraction of sp³-hybridized carbons (Fsp3) is 0.720. The normalized spacial score (nSPS) is 28.2. The van der Waals surface area contributed by atoms with Gasteiger partial charge in [0, 0.05) is 38.5 Å². The lowest BCUT2D eigenvalue weighted by atomic mass is 9.60. The average molecular weight is 401 g/mol. The summed E-state index contributed by atoms with van der Waals surface area (Å²) in [5.41, 5.74) is 2.57. The summed E-state index contributed by atoms with van der Waals surface area (Å²) in [6.45, 7) is 9.30. The van der Waals surface area contributed by atoms with Crippen LogP contribution < -0.4 is 0 Å². The molecule has 3 rings (SSSR count). The van der Waals surface area contributed by atoms with E-state index in [1.807, 2.05) is 20.2 Å². The van der Waals surface area contributed by atoms with Gasteiger partial charge in [0.15, 0.2) is 0 Å². The molecule has 4 nitrogen and oxygen atoms in total. The first-order valence-corrected chi connectivity index (χ1v) is 11.5. The second-order valence-corrected chi connectivity index (χ2v) is 9.87. The highest BCUT2D eigenvalue weighted by Gasteiger charge is 2.46. The minimum Gasteiger partial charge on any atom is -0.508 e. The van der Waals surface area contributed by atoms with E-state index in [1.54, 1.807) is 11.0 Å². The van der Waals surface area contributed by atoms with Gasteiger partial charge in [-0.3, -0.25) is 4.79 Å². The van der Waals surface area contributed by atoms with E-state index in [1.165, 1.54) is 36.9 Å². The van der Waals surface area contributed by atoms with Gasteiger partial charge in [-0.1, -0.05) is 19.4 Å². The molecule has 1 aromatic carbocycles. The van der Waals surface area contributed by atoms with E-state index < -0.39 is 0 Å². The summed E-state index contributed by atoms with van der Waals surface area (Å²) in [5, 5.41) is 10.3. The molecule has 0 aromatic heterocycles. The molecule has 0 spiro atoms. The molecule has 4 heteroatoms. The first-order valence-electron chi connectivity index (χ1n) is 11.5. The molecule has 2 fully saturated rings. The highest BCUT2D eigenvalue weighted by atomic mass is 16.3. The Labute approximate surface area is 177 Å². The number of phenolic OH excluding ortho intramolecular Hbond substituents is 1. The van der Waals surface area contributed by atoms with E-state index in [2.05, 4.69) is 31.7 Å². The summed E-state index contributed by atoms with van der Waals surface area (Å²) in [5.74, 6) is 1.92. The van der Waals surface area contributed by atoms with Crippen LogP contribution in [-0.2, 0) is 10.2 Å². The lowest BCUT2D eigenvalue weighted by Gasteiger charge is -2.53. The molecule has 3 atom stereocenters. The van der Waals surface area contributed by atoms with Gasteiger partial charge in [0.2, 0.25) is 5.91 Å². The van der Waals surface area contributed by atoms with Crippen molar-refractivity contribution in [1.29, 1.82) is 0 Å². The molecule has 1 N–H and O–H groups in total. The van der Waals surface area contributed by atoms with Crippen LogP contribution in [-0.4, -0.2) is 54.0 Å². The lowest BCUT2D eigenvalue weighted by Crippen LogP contribution is -2.55. The van der Waals surface area contributed by atoms with Gasteiger partial charge in [0.1, 0.15) is 5.75 Å². The minimum atomic E-state index is 0.0188. The van der Waals surface area contributed by atoms with Crippen molar-refractivity contribution in [2.75, 3.05) is 27.2 Å². The zero-order valence-electron chi connectivity index (χ0n) is 19.1. The molecule has 2 unspecified atom stereocenters. The summed E-state index contributed by atoms with van der Waals surface area (Å²) in [7, 11) is 3.67. The molecule has 1 heterocycles. The summed E-state index contributed by atoms with van der Waals surface area (Å²) in [4.78, 5) is 16.6. The highest BCUT2D eigenvalue weighted by molar-refractivity contribution is 5.75. The minimum absolute atomic E-state index is 0.0188. The monoisotopic (exact) mass is 400 g/mol. The Morgan fingerprint density at radius 3 is 2.62 bits per heavy atom. The van der Waals surface area contributed by atoms with Crippen LogP contribution in [0.3, 0.4) is 0 Å². The maximum Gasteiger partial charge on any atom is 0.222 e. The van der Waals surface area contributed by atoms with E-state index in [-0.39, 0.29) is 11.3 Å². The zero-order valence-corrected chi connectivity index (χ0v) is 19.1. The third-order valence-corrected chi connectivity index (χ3v) is 8.00. The van der Waals surface area contributed by atoms with Crippen LogP contribution >= 0.6 is 0 Å². The summed E-state index contributed by atoms with van der Waals surface area (Å²) in [6.07, 6.45) is 7.77. The van der Waals surface area contributed by atoms with Crippen molar-refractivity contribution in [3.05, 3.63) is 29.3 Å². The molecule has 1 amide bonds. The Morgan fingerprint density at radius 2 is 2.00 bits per heavy atom. The average Bonchev–Trinajstić information content (AvgIpc) is 2.65. The predicted molar refractivity (Wildman–Crippen MR) is 119 cm³/mol. The van der Waals surface area contributed by atoms with Gasteiger partial charge >= 0.3 is 0 Å². The number of rotatable bonds is 7. The topological polar surface area (TPSA) is 43.8 Å². The number of benzene rings is 1. The Morgan fingerprint density at radius 1 is 1.28 bits per heavy atom. The maximum absolute atomic E-state index is 12.2. The molecular formula is C25H40N2O2. The quantitative estimate of drug-likeness (QED) is 0.720. The van der Waals surface area contributed by atoms with Crippen LogP contribution in [0.4, 0.5) is 0 Å². The van der Waals surface area contributed by atoms with Crippen LogP contribution in [0.25, 0.3) is 0 Å². The molecule has 1 aliphatic carbocycles. The largest absolute Gasteiger partial charge is 0.508 e. The van der Waals surface area contributed by atoms with E-state index in [0.717, 1.165) is 31.7 Å². The molecule has 1 saturated heterocycles. The van der Waals surface area contributed by atoms with Crippen molar-refractivity contribution in [2.24, 2.45) is 11.8 Å². The Kier molecular flexibility index (Phi) is 6.93. The third-order valence-electron chi connectivity index (χ3n) is 8.00. The Balaban J connectivity index is 1.84. The van der Waals surface area contributed by atoms with Crippen LogP contribution in [0.2, 0.25) is 0 Å². The van der Waals surface area contributed by atoms with Gasteiger partial charge in [0.05, 0.1) is 0 Å². The number of hydrogen-bond acceptors (Lipinski definition) is 3. The fourth-order valence-corrected chi connectivity index (χ4v) is 5.61. The molecule has 1 aromatic rings. The predicted octanol–water partition coefficient (Wildman–Crippen LogP) is 4.73. The maximum atomic E-state index is 12.2. The van der Waals surface area contributed by atoms with Crippen molar-refractivity contribution in [2.45, 2.75) is 77.2 Å². The van der Waals surface area contributed by atoms with Gasteiger partial charge in [-0.15, -0.1) is 0 Å². The number of hydrogen-bond donors (Lipinski definition) is 1. The van der Waals surface area contributed by atoms with Crippen LogP contribution in [0, 0.1) is 18.8 Å². The van der Waals surface area contributed by atoms with E-state index in [4.69, 9.17) is 0 Å². The molecule has 1 saturated carbocycles. The molecule has 2 aliphatic rings. The smallest absolute Gasteiger partial charge is 0.222 e. The Bertz CT molecular complexity index is 713. The first kappa shape index (κ1) is 22.1. The van der Waals surface area contributed by atoms with Crippen LogP contribution in [0.15, 0.2) is 18.2 Å². The number of piperidine rings is 1. The van der Waals surface area contributed by atoms with Crippen molar-refractivity contribution in [3.63, 3.8) is 0 Å². The van der Waals surface area contributed by atoms with Gasteiger partial charge < -0.3 is 14.9 Å². The number of likely N-dealkylation sites (tertiary alicyclic amines) is 1. The van der Waals surface area contributed by atoms with Gasteiger partial charge in [-0.2, -0.15) is 0 Å². The third kappa shape index (κ3) is 4.63. The molecular weight excluding hydrogens is 360 g/mol. The number of aromatic hydroxyl groups is 1. The second kappa shape index (κ2) is 9.07. The number of carbonyl (C=O) groups excluding carboxylic acids is 1. The fourth-order valence-electron chi connectivity index (χ4n) is 5.61. The van der Waals surface area contributed by atoms with Gasteiger partial charge in [-0.25, -0.2) is 0 Å². The summed E-state index contributed by atoms with van der Waals surface area (Å²) in [6, 6.07) is 6.35. The molecule has 0 bridgehead atoms. The number of carbonyl (C=O) groups is 1. The van der Waals surface area contributed by atoms with Crippen molar-refractivity contribution in [1.82, 2.24) is 9.80 Å². The molecule has 1 aliphatic heterocycles. The molecule has 162 valence electrons. The number of amides is 1. The van der Waals surface area contributed by atoms with Crippen LogP contribution in [0.1, 0.15) is 69.9 Å². The van der Waals surface area contributed by atoms with E-state index in [0.29, 0.717) is 24.1 Å². The molecule has 29 heavy (non-hydrogen) atoms. The summed E-state index contributed by atoms with van der Waals surface area (Å²) < 4.78 is 0. The van der Waals surface area contributed by atoms with E-state index >= 15 is 0 Å².